The van der Waals surface area contributed by atoms with Gasteiger partial charge in [-0.25, -0.2) is 0 Å². The molecule has 1 aromatic rings. The van der Waals surface area contributed by atoms with Crippen LogP contribution in [-0.2, 0) is 7.05 Å². The second kappa shape index (κ2) is 3.02. The number of nitrogens with zero attached hydrogens (tertiary/aromatic N) is 2. The number of rotatable bonds is 2. The van der Waals surface area contributed by atoms with Crippen molar-refractivity contribution in [2.24, 2.45) is 12.8 Å². The lowest BCUT2D eigenvalue weighted by atomic mass is 10.1. The first kappa shape index (κ1) is 8.23. The van der Waals surface area contributed by atoms with Gasteiger partial charge in [0.05, 0.1) is 12.3 Å². The average molecular weight is 155 g/mol. The Kier molecular flexibility index (Phi) is 2.26. The molecule has 1 aromatic heterocycles. The van der Waals surface area contributed by atoms with Gasteiger partial charge in [-0.05, 0) is 6.92 Å². The fourth-order valence-electron chi connectivity index (χ4n) is 0.896. The van der Waals surface area contributed by atoms with Gasteiger partial charge in [-0.1, -0.05) is 0 Å². The van der Waals surface area contributed by atoms with Crippen LogP contribution in [0.2, 0.25) is 0 Å². The van der Waals surface area contributed by atoms with Crippen molar-refractivity contribution in [3.63, 3.8) is 0 Å². The summed E-state index contributed by atoms with van der Waals surface area (Å²) in [6.07, 6.45) is 2.77. The van der Waals surface area contributed by atoms with Crippen LogP contribution in [0.25, 0.3) is 0 Å². The van der Waals surface area contributed by atoms with Crippen LogP contribution in [0, 0.1) is 0 Å². The molecule has 1 rings (SSSR count). The van der Waals surface area contributed by atoms with Gasteiger partial charge in [-0.2, -0.15) is 5.10 Å². The van der Waals surface area contributed by atoms with E-state index in [2.05, 4.69) is 5.10 Å². The molecule has 3 N–H and O–H groups in total. The van der Waals surface area contributed by atoms with E-state index < -0.39 is 6.10 Å². The van der Waals surface area contributed by atoms with E-state index in [9.17, 15) is 5.11 Å². The highest BCUT2D eigenvalue weighted by atomic mass is 16.3. The Morgan fingerprint density at radius 2 is 2.36 bits per heavy atom. The minimum Gasteiger partial charge on any atom is -0.387 e. The van der Waals surface area contributed by atoms with E-state index >= 15 is 0 Å². The molecule has 4 nitrogen and oxygen atoms in total. The van der Waals surface area contributed by atoms with E-state index in [4.69, 9.17) is 5.73 Å². The Balaban J connectivity index is 2.76. The van der Waals surface area contributed by atoms with Crippen LogP contribution in [-0.4, -0.2) is 20.9 Å². The van der Waals surface area contributed by atoms with Crippen molar-refractivity contribution in [3.05, 3.63) is 18.0 Å². The van der Waals surface area contributed by atoms with Crippen LogP contribution in [0.3, 0.4) is 0 Å². The average Bonchev–Trinajstić information content (AvgIpc) is 2.34. The quantitative estimate of drug-likeness (QED) is 0.621. The maximum atomic E-state index is 9.43. The van der Waals surface area contributed by atoms with Crippen molar-refractivity contribution in [2.75, 3.05) is 0 Å². The second-order valence-electron chi connectivity index (χ2n) is 2.75. The van der Waals surface area contributed by atoms with E-state index in [0.717, 1.165) is 5.56 Å². The third-order valence-corrected chi connectivity index (χ3v) is 1.56. The fraction of sp³-hybridized carbons (Fsp3) is 0.571. The monoisotopic (exact) mass is 155 g/mol. The number of aromatic nitrogens is 2. The topological polar surface area (TPSA) is 64.1 Å². The number of hydrogen-bond acceptors (Lipinski definition) is 3. The van der Waals surface area contributed by atoms with Crippen molar-refractivity contribution in [1.29, 1.82) is 0 Å². The van der Waals surface area contributed by atoms with Crippen molar-refractivity contribution in [3.8, 4) is 0 Å². The van der Waals surface area contributed by atoms with Crippen LogP contribution in [0.15, 0.2) is 12.4 Å². The summed E-state index contributed by atoms with van der Waals surface area (Å²) in [4.78, 5) is 0. The van der Waals surface area contributed by atoms with Gasteiger partial charge in [0.25, 0.3) is 0 Å². The van der Waals surface area contributed by atoms with Gasteiger partial charge in [0.15, 0.2) is 0 Å². The molecule has 0 saturated heterocycles. The van der Waals surface area contributed by atoms with E-state index in [1.165, 1.54) is 0 Å². The van der Waals surface area contributed by atoms with Crippen LogP contribution < -0.4 is 5.73 Å². The van der Waals surface area contributed by atoms with Gasteiger partial charge < -0.3 is 10.8 Å². The van der Waals surface area contributed by atoms with E-state index in [0.29, 0.717) is 0 Å². The SMILES string of the molecule is C[C@@H](N)C(O)c1cnn(C)c1. The smallest absolute Gasteiger partial charge is 0.0968 e. The lowest BCUT2D eigenvalue weighted by molar-refractivity contribution is 0.153. The second-order valence-corrected chi connectivity index (χ2v) is 2.75. The Labute approximate surface area is 65.6 Å². The van der Waals surface area contributed by atoms with E-state index in [1.54, 1.807) is 31.0 Å². The summed E-state index contributed by atoms with van der Waals surface area (Å²) < 4.78 is 1.64. The van der Waals surface area contributed by atoms with Gasteiger partial charge in [-0.3, -0.25) is 4.68 Å². The molecule has 1 unspecified atom stereocenters. The molecule has 0 aliphatic heterocycles. The molecule has 11 heavy (non-hydrogen) atoms. The zero-order chi connectivity index (χ0) is 8.43. The number of aliphatic hydroxyl groups is 1. The molecule has 0 saturated carbocycles. The zero-order valence-corrected chi connectivity index (χ0v) is 6.73. The predicted molar refractivity (Wildman–Crippen MR) is 41.8 cm³/mol. The number of aliphatic hydroxyl groups excluding tert-OH is 1. The van der Waals surface area contributed by atoms with Gasteiger partial charge in [0, 0.05) is 24.8 Å². The molecule has 1 heterocycles. The Hall–Kier alpha value is -0.870. The van der Waals surface area contributed by atoms with Gasteiger partial charge in [0.2, 0.25) is 0 Å². The molecule has 2 atom stereocenters. The summed E-state index contributed by atoms with van der Waals surface area (Å²) >= 11 is 0. The number of hydrogen-bond donors (Lipinski definition) is 2. The third-order valence-electron chi connectivity index (χ3n) is 1.56. The summed E-state index contributed by atoms with van der Waals surface area (Å²) in [7, 11) is 1.80. The summed E-state index contributed by atoms with van der Waals surface area (Å²) in [5, 5.41) is 13.4. The summed E-state index contributed by atoms with van der Waals surface area (Å²) in [5.41, 5.74) is 6.26. The molecule has 0 spiro atoms. The molecule has 4 heteroatoms. The highest BCUT2D eigenvalue weighted by molar-refractivity contribution is 5.09. The Morgan fingerprint density at radius 1 is 1.73 bits per heavy atom. The maximum absolute atomic E-state index is 9.43. The molecule has 62 valence electrons. The van der Waals surface area contributed by atoms with Crippen LogP contribution >= 0.6 is 0 Å². The molecular weight excluding hydrogens is 142 g/mol. The zero-order valence-electron chi connectivity index (χ0n) is 6.73. The first-order valence-electron chi connectivity index (χ1n) is 3.53. The Bertz CT molecular complexity index is 231. The third kappa shape index (κ3) is 1.78. The normalized spacial score (nSPS) is 16.4. The van der Waals surface area contributed by atoms with E-state index in [-0.39, 0.29) is 6.04 Å². The molecule has 0 amide bonds. The summed E-state index contributed by atoms with van der Waals surface area (Å²) in [5.74, 6) is 0. The molecular formula is C7H13N3O. The highest BCUT2D eigenvalue weighted by Crippen LogP contribution is 2.13. The molecule has 0 aliphatic carbocycles. The fourth-order valence-corrected chi connectivity index (χ4v) is 0.896. The van der Waals surface area contributed by atoms with Crippen LogP contribution in [0.1, 0.15) is 18.6 Å². The lowest BCUT2D eigenvalue weighted by Gasteiger charge is -2.11. The van der Waals surface area contributed by atoms with Crippen molar-refractivity contribution in [2.45, 2.75) is 19.1 Å². The van der Waals surface area contributed by atoms with Gasteiger partial charge >= 0.3 is 0 Å². The Morgan fingerprint density at radius 3 is 2.73 bits per heavy atom. The predicted octanol–water partition coefficient (Wildman–Crippen LogP) is -0.199. The van der Waals surface area contributed by atoms with Crippen molar-refractivity contribution in [1.82, 2.24) is 9.78 Å². The molecule has 0 bridgehead atoms. The van der Waals surface area contributed by atoms with Gasteiger partial charge in [0.1, 0.15) is 0 Å². The first-order valence-corrected chi connectivity index (χ1v) is 3.53. The largest absolute Gasteiger partial charge is 0.387 e. The standard InChI is InChI=1S/C7H13N3O/c1-5(8)7(11)6-3-9-10(2)4-6/h3-5,7,11H,8H2,1-2H3/t5-,7?/m1/s1. The van der Waals surface area contributed by atoms with Crippen LogP contribution in [0.5, 0.6) is 0 Å². The molecule has 0 aromatic carbocycles. The summed E-state index contributed by atoms with van der Waals surface area (Å²) in [6, 6.07) is -0.251. The van der Waals surface area contributed by atoms with Crippen molar-refractivity contribution < 1.29 is 5.11 Å². The number of nitrogens with two attached hydrogens (primary N) is 1. The number of aryl methyl sites for hydroxylation is 1. The van der Waals surface area contributed by atoms with Gasteiger partial charge in [-0.15, -0.1) is 0 Å². The highest BCUT2D eigenvalue weighted by Gasteiger charge is 2.13. The minimum absolute atomic E-state index is 0.251. The maximum Gasteiger partial charge on any atom is 0.0968 e. The summed E-state index contributed by atoms with van der Waals surface area (Å²) in [6.45, 7) is 1.76. The lowest BCUT2D eigenvalue weighted by Crippen LogP contribution is -2.23. The van der Waals surface area contributed by atoms with E-state index in [1.807, 2.05) is 0 Å². The van der Waals surface area contributed by atoms with Crippen molar-refractivity contribution >= 4 is 0 Å². The van der Waals surface area contributed by atoms with Crippen LogP contribution in [0.4, 0.5) is 0 Å². The molecule has 0 radical (unpaired) electrons. The molecule has 0 aliphatic rings. The minimum atomic E-state index is -0.608. The molecule has 0 fully saturated rings. The first-order chi connectivity index (χ1) is 5.11.